The topological polar surface area (TPSA) is 81.9 Å². The lowest BCUT2D eigenvalue weighted by Gasteiger charge is -2.35. The van der Waals surface area contributed by atoms with Gasteiger partial charge in [-0.1, -0.05) is 35.0 Å². The molecule has 1 fully saturated rings. The highest BCUT2D eigenvalue weighted by atomic mass is 35.5. The van der Waals surface area contributed by atoms with Crippen LogP contribution in [0.25, 0.3) is 11.3 Å². The van der Waals surface area contributed by atoms with E-state index >= 15 is 0 Å². The monoisotopic (exact) mass is 392 g/mol. The zero-order valence-corrected chi connectivity index (χ0v) is 16.2. The lowest BCUT2D eigenvalue weighted by atomic mass is 10.1. The molecule has 1 aromatic carbocycles. The van der Waals surface area contributed by atoms with Crippen molar-refractivity contribution >= 4 is 23.5 Å². The second kappa shape index (κ2) is 8.10. The van der Waals surface area contributed by atoms with Gasteiger partial charge in [0.2, 0.25) is 0 Å². The third-order valence-electron chi connectivity index (χ3n) is 4.29. The lowest BCUT2D eigenvalue weighted by Crippen LogP contribution is -2.49. The number of nitrogens with zero attached hydrogens (tertiary/aromatic N) is 2. The number of carbonyl (C=O) groups excluding carboxylic acids is 2. The zero-order chi connectivity index (χ0) is 19.6. The summed E-state index contributed by atoms with van der Waals surface area (Å²) >= 11 is 6.19. The van der Waals surface area contributed by atoms with E-state index in [0.29, 0.717) is 35.1 Å². The van der Waals surface area contributed by atoms with Crippen molar-refractivity contribution in [2.75, 3.05) is 19.7 Å². The highest BCUT2D eigenvalue weighted by molar-refractivity contribution is 6.33. The third-order valence-corrected chi connectivity index (χ3v) is 4.62. The van der Waals surface area contributed by atoms with Crippen LogP contribution in [0, 0.1) is 6.92 Å². The van der Waals surface area contributed by atoms with Gasteiger partial charge in [-0.3, -0.25) is 4.79 Å². The molecule has 7 nitrogen and oxygen atoms in total. The zero-order valence-electron chi connectivity index (χ0n) is 15.4. The fourth-order valence-electron chi connectivity index (χ4n) is 3.12. The first-order valence-corrected chi connectivity index (χ1v) is 9.06. The maximum Gasteiger partial charge on any atom is 0.344 e. The SMILES string of the molecule is Cc1onc(-c2ccccc2Cl)c1C(=O)OCC(=O)N1C[C@@H](C)O[C@@H](C)C1. The summed E-state index contributed by atoms with van der Waals surface area (Å²) < 4.78 is 16.0. The van der Waals surface area contributed by atoms with Crippen molar-refractivity contribution in [3.05, 3.63) is 40.6 Å². The van der Waals surface area contributed by atoms with Crippen LogP contribution in [0.4, 0.5) is 0 Å². The summed E-state index contributed by atoms with van der Waals surface area (Å²) in [6, 6.07) is 6.99. The fraction of sp³-hybridized carbons (Fsp3) is 0.421. The molecule has 2 heterocycles. The maximum absolute atomic E-state index is 12.6. The molecule has 27 heavy (non-hydrogen) atoms. The van der Waals surface area contributed by atoms with Gasteiger partial charge < -0.3 is 18.9 Å². The molecule has 2 aromatic rings. The van der Waals surface area contributed by atoms with Gasteiger partial charge >= 0.3 is 5.97 Å². The highest BCUT2D eigenvalue weighted by Gasteiger charge is 2.28. The van der Waals surface area contributed by atoms with Gasteiger partial charge in [0.1, 0.15) is 17.0 Å². The molecule has 0 radical (unpaired) electrons. The number of hydrogen-bond acceptors (Lipinski definition) is 6. The van der Waals surface area contributed by atoms with Crippen LogP contribution < -0.4 is 0 Å². The molecule has 1 aromatic heterocycles. The number of amides is 1. The van der Waals surface area contributed by atoms with Crippen molar-refractivity contribution in [3.63, 3.8) is 0 Å². The number of rotatable bonds is 4. The molecule has 0 N–H and O–H groups in total. The van der Waals surface area contributed by atoms with Crippen LogP contribution in [0.2, 0.25) is 5.02 Å². The molecular formula is C19H21ClN2O5. The molecule has 0 aliphatic carbocycles. The molecular weight excluding hydrogens is 372 g/mol. The Balaban J connectivity index is 1.71. The number of aromatic nitrogens is 1. The average Bonchev–Trinajstić information content (AvgIpc) is 3.00. The van der Waals surface area contributed by atoms with Gasteiger partial charge in [0.15, 0.2) is 6.61 Å². The molecule has 144 valence electrons. The summed E-state index contributed by atoms with van der Waals surface area (Å²) in [5, 5.41) is 4.37. The average molecular weight is 393 g/mol. The Labute approximate surface area is 162 Å². The molecule has 0 saturated carbocycles. The molecule has 1 aliphatic heterocycles. The van der Waals surface area contributed by atoms with Crippen LogP contribution >= 0.6 is 11.6 Å². The number of benzene rings is 1. The molecule has 1 saturated heterocycles. The van der Waals surface area contributed by atoms with E-state index in [9.17, 15) is 9.59 Å². The molecule has 2 atom stereocenters. The van der Waals surface area contributed by atoms with Gasteiger partial charge in [-0.15, -0.1) is 0 Å². The summed E-state index contributed by atoms with van der Waals surface area (Å²) in [5.74, 6) is -0.638. The maximum atomic E-state index is 12.6. The minimum atomic E-state index is -0.675. The summed E-state index contributed by atoms with van der Waals surface area (Å²) in [4.78, 5) is 26.6. The number of aryl methyl sites for hydroxylation is 1. The van der Waals surface area contributed by atoms with Crippen molar-refractivity contribution in [1.82, 2.24) is 10.1 Å². The van der Waals surface area contributed by atoms with Crippen molar-refractivity contribution in [2.45, 2.75) is 33.0 Å². The summed E-state index contributed by atoms with van der Waals surface area (Å²) in [6.07, 6.45) is -0.110. The lowest BCUT2D eigenvalue weighted by molar-refractivity contribution is -0.146. The Morgan fingerprint density at radius 3 is 2.59 bits per heavy atom. The van der Waals surface area contributed by atoms with Crippen LogP contribution in [0.3, 0.4) is 0 Å². The fourth-order valence-corrected chi connectivity index (χ4v) is 3.35. The van der Waals surface area contributed by atoms with Gasteiger partial charge in [-0.2, -0.15) is 0 Å². The van der Waals surface area contributed by atoms with E-state index in [2.05, 4.69) is 5.16 Å². The Morgan fingerprint density at radius 1 is 1.26 bits per heavy atom. The Kier molecular flexibility index (Phi) is 5.82. The molecule has 0 bridgehead atoms. The first kappa shape index (κ1) is 19.4. The van der Waals surface area contributed by atoms with Crippen LogP contribution in [0.1, 0.15) is 30.0 Å². The van der Waals surface area contributed by atoms with Crippen LogP contribution in [-0.2, 0) is 14.3 Å². The van der Waals surface area contributed by atoms with E-state index in [-0.39, 0.29) is 30.3 Å². The van der Waals surface area contributed by atoms with E-state index in [1.165, 1.54) is 0 Å². The van der Waals surface area contributed by atoms with E-state index in [1.54, 1.807) is 36.1 Å². The van der Waals surface area contributed by atoms with Crippen molar-refractivity contribution in [3.8, 4) is 11.3 Å². The molecule has 0 unspecified atom stereocenters. The van der Waals surface area contributed by atoms with Gasteiger partial charge in [0.25, 0.3) is 5.91 Å². The minimum Gasteiger partial charge on any atom is -0.452 e. The number of esters is 1. The van der Waals surface area contributed by atoms with Crippen LogP contribution in [-0.4, -0.2) is 53.8 Å². The quantitative estimate of drug-likeness (QED) is 0.743. The second-order valence-corrected chi connectivity index (χ2v) is 6.98. The van der Waals surface area contributed by atoms with E-state index < -0.39 is 5.97 Å². The van der Waals surface area contributed by atoms with Gasteiger partial charge in [-0.05, 0) is 26.8 Å². The number of hydrogen-bond donors (Lipinski definition) is 0. The standard InChI is InChI=1S/C19H21ClN2O5/c1-11-8-22(9-12(2)26-11)16(23)10-25-19(24)17-13(3)27-21-18(17)14-6-4-5-7-15(14)20/h4-7,11-12H,8-10H2,1-3H3/t11-,12+. The first-order valence-electron chi connectivity index (χ1n) is 8.68. The number of morpholine rings is 1. The summed E-state index contributed by atoms with van der Waals surface area (Å²) in [6.45, 7) is 5.99. The number of halogens is 1. The second-order valence-electron chi connectivity index (χ2n) is 6.57. The van der Waals surface area contributed by atoms with Crippen molar-refractivity contribution in [2.24, 2.45) is 0 Å². The minimum absolute atomic E-state index is 0.0551. The number of ether oxygens (including phenoxy) is 2. The predicted molar refractivity (Wildman–Crippen MR) is 98.6 cm³/mol. The van der Waals surface area contributed by atoms with Gasteiger partial charge in [-0.25, -0.2) is 4.79 Å². The normalized spacial score (nSPS) is 19.8. The van der Waals surface area contributed by atoms with Crippen LogP contribution in [0.5, 0.6) is 0 Å². The summed E-state index contributed by atoms with van der Waals surface area (Å²) in [5.41, 5.74) is 1.02. The molecule has 0 spiro atoms. The van der Waals surface area contributed by atoms with Crippen LogP contribution in [0.15, 0.2) is 28.8 Å². The third kappa shape index (κ3) is 4.31. The molecule has 1 aliphatic rings. The molecule has 3 rings (SSSR count). The Morgan fingerprint density at radius 2 is 1.93 bits per heavy atom. The smallest absolute Gasteiger partial charge is 0.344 e. The van der Waals surface area contributed by atoms with Gasteiger partial charge in [0.05, 0.1) is 17.2 Å². The largest absolute Gasteiger partial charge is 0.452 e. The Hall–Kier alpha value is -2.38. The summed E-state index contributed by atoms with van der Waals surface area (Å²) in [7, 11) is 0. The van der Waals surface area contributed by atoms with Crippen molar-refractivity contribution in [1.29, 1.82) is 0 Å². The van der Waals surface area contributed by atoms with E-state index in [0.717, 1.165) is 0 Å². The first-order chi connectivity index (χ1) is 12.9. The van der Waals surface area contributed by atoms with E-state index in [1.807, 2.05) is 13.8 Å². The molecule has 1 amide bonds. The van der Waals surface area contributed by atoms with Crippen molar-refractivity contribution < 1.29 is 23.6 Å². The van der Waals surface area contributed by atoms with Gasteiger partial charge in [0, 0.05) is 18.7 Å². The molecule has 8 heteroatoms. The Bertz CT molecular complexity index is 840. The van der Waals surface area contributed by atoms with E-state index in [4.69, 9.17) is 25.6 Å². The number of carbonyl (C=O) groups is 2. The highest BCUT2D eigenvalue weighted by Crippen LogP contribution is 2.31. The predicted octanol–water partition coefficient (Wildman–Crippen LogP) is 3.10.